The highest BCUT2D eigenvalue weighted by Gasteiger charge is 2.21. The number of halogens is 3. The number of carbonyl (C=O) groups excluding carboxylic acids is 1. The van der Waals surface area contributed by atoms with E-state index in [1.54, 1.807) is 6.92 Å². The van der Waals surface area contributed by atoms with Crippen molar-refractivity contribution in [3.8, 4) is 0 Å². The van der Waals surface area contributed by atoms with E-state index in [9.17, 15) is 22.0 Å². The van der Waals surface area contributed by atoms with E-state index in [-0.39, 0.29) is 21.6 Å². The van der Waals surface area contributed by atoms with Crippen LogP contribution in [0, 0.1) is 11.6 Å². The number of hydrogen-bond donors (Lipinski definition) is 2. The molecule has 9 heteroatoms. The zero-order valence-electron chi connectivity index (χ0n) is 14.0. The van der Waals surface area contributed by atoms with Gasteiger partial charge in [-0.2, -0.15) is 0 Å². The Bertz CT molecular complexity index is 936. The lowest BCUT2D eigenvalue weighted by Gasteiger charge is -2.13. The van der Waals surface area contributed by atoms with E-state index in [0.717, 1.165) is 30.3 Å². The monoisotopic (exact) mass is 402 g/mol. The van der Waals surface area contributed by atoms with Crippen LogP contribution in [0.25, 0.3) is 0 Å². The van der Waals surface area contributed by atoms with Gasteiger partial charge in [0.05, 0.1) is 15.5 Å². The Kier molecular flexibility index (Phi) is 6.33. The Hall–Kier alpha value is -2.03. The first-order valence-corrected chi connectivity index (χ1v) is 9.58. The third kappa shape index (κ3) is 4.78. The Labute approximate surface area is 155 Å². The fourth-order valence-electron chi connectivity index (χ4n) is 2.03. The summed E-state index contributed by atoms with van der Waals surface area (Å²) in [5.41, 5.74) is -0.315. The molecule has 2 rings (SSSR count). The molecule has 2 aromatic rings. The van der Waals surface area contributed by atoms with E-state index in [4.69, 9.17) is 11.6 Å². The van der Waals surface area contributed by atoms with Gasteiger partial charge in [-0.1, -0.05) is 18.5 Å². The maximum absolute atomic E-state index is 14.0. The van der Waals surface area contributed by atoms with Crippen molar-refractivity contribution < 1.29 is 22.0 Å². The highest BCUT2D eigenvalue weighted by atomic mass is 35.5. The van der Waals surface area contributed by atoms with Gasteiger partial charge in [0.1, 0.15) is 11.6 Å². The molecule has 26 heavy (non-hydrogen) atoms. The molecule has 0 spiro atoms. The highest BCUT2D eigenvalue weighted by molar-refractivity contribution is 7.89. The average Bonchev–Trinajstić information content (AvgIpc) is 2.57. The minimum Gasteiger partial charge on any atom is -0.322 e. The first kappa shape index (κ1) is 20.3. The Morgan fingerprint density at radius 1 is 1.15 bits per heavy atom. The van der Waals surface area contributed by atoms with Crippen LogP contribution in [0.15, 0.2) is 41.3 Å². The van der Waals surface area contributed by atoms with Crippen molar-refractivity contribution in [2.24, 2.45) is 0 Å². The Morgan fingerprint density at radius 3 is 2.42 bits per heavy atom. The van der Waals surface area contributed by atoms with Crippen LogP contribution < -0.4 is 10.0 Å². The van der Waals surface area contributed by atoms with Gasteiger partial charge in [0.2, 0.25) is 10.0 Å². The van der Waals surface area contributed by atoms with Gasteiger partial charge in [-0.15, -0.1) is 0 Å². The Balaban J connectivity index is 2.31. The van der Waals surface area contributed by atoms with Crippen LogP contribution in [0.1, 0.15) is 30.6 Å². The van der Waals surface area contributed by atoms with Crippen LogP contribution in [-0.2, 0) is 10.0 Å². The summed E-state index contributed by atoms with van der Waals surface area (Å²) in [4.78, 5) is 12.1. The molecule has 0 bridgehead atoms. The normalized spacial score (nSPS) is 12.7. The second-order valence-corrected chi connectivity index (χ2v) is 7.78. The van der Waals surface area contributed by atoms with Crippen LogP contribution in [-0.4, -0.2) is 20.4 Å². The zero-order valence-corrected chi connectivity index (χ0v) is 15.6. The van der Waals surface area contributed by atoms with Gasteiger partial charge >= 0.3 is 0 Å². The number of benzene rings is 2. The van der Waals surface area contributed by atoms with Crippen LogP contribution in [0.3, 0.4) is 0 Å². The number of nitrogens with one attached hydrogen (secondary N) is 2. The third-order valence-corrected chi connectivity index (χ3v) is 5.52. The molecule has 140 valence electrons. The topological polar surface area (TPSA) is 75.3 Å². The third-order valence-electron chi connectivity index (χ3n) is 3.64. The van der Waals surface area contributed by atoms with Gasteiger partial charge < -0.3 is 5.32 Å². The molecule has 2 aromatic carbocycles. The van der Waals surface area contributed by atoms with Gasteiger partial charge in [-0.3, -0.25) is 4.79 Å². The fourth-order valence-corrected chi connectivity index (χ4v) is 3.57. The number of sulfonamides is 1. The van der Waals surface area contributed by atoms with Gasteiger partial charge in [0.25, 0.3) is 5.91 Å². The minimum absolute atomic E-state index is 0.145. The smallest absolute Gasteiger partial charge is 0.258 e. The van der Waals surface area contributed by atoms with Gasteiger partial charge in [-0.05, 0) is 49.7 Å². The van der Waals surface area contributed by atoms with Crippen molar-refractivity contribution in [2.45, 2.75) is 31.2 Å². The predicted octanol–water partition coefficient (Wildman–Crippen LogP) is 3.95. The molecular weight excluding hydrogens is 386 g/mol. The van der Waals surface area contributed by atoms with Crippen LogP contribution in [0.4, 0.5) is 14.5 Å². The summed E-state index contributed by atoms with van der Waals surface area (Å²) in [7, 11) is -3.90. The Morgan fingerprint density at radius 2 is 1.81 bits per heavy atom. The van der Waals surface area contributed by atoms with Crippen LogP contribution >= 0.6 is 11.6 Å². The van der Waals surface area contributed by atoms with E-state index in [1.165, 1.54) is 6.07 Å². The molecule has 1 amide bonds. The average molecular weight is 403 g/mol. The SMILES string of the molecule is CC[C@H](C)NS(=O)(=O)c1ccc(F)c(C(=O)Nc2ccc(F)c(Cl)c2)c1. The second kappa shape index (κ2) is 8.11. The number of anilines is 1. The summed E-state index contributed by atoms with van der Waals surface area (Å²) in [5.74, 6) is -2.44. The van der Waals surface area contributed by atoms with E-state index < -0.39 is 33.1 Å². The van der Waals surface area contributed by atoms with Crippen LogP contribution in [0.2, 0.25) is 5.02 Å². The molecule has 0 saturated carbocycles. The summed E-state index contributed by atoms with van der Waals surface area (Å²) in [6.45, 7) is 3.50. The number of rotatable bonds is 6. The lowest BCUT2D eigenvalue weighted by atomic mass is 10.2. The van der Waals surface area contributed by atoms with Crippen molar-refractivity contribution in [1.29, 1.82) is 0 Å². The highest BCUT2D eigenvalue weighted by Crippen LogP contribution is 2.21. The number of amides is 1. The van der Waals surface area contributed by atoms with E-state index >= 15 is 0 Å². The largest absolute Gasteiger partial charge is 0.322 e. The minimum atomic E-state index is -3.90. The lowest BCUT2D eigenvalue weighted by molar-refractivity contribution is 0.102. The quantitative estimate of drug-likeness (QED) is 0.768. The summed E-state index contributed by atoms with van der Waals surface area (Å²) >= 11 is 5.63. The summed E-state index contributed by atoms with van der Waals surface area (Å²) in [5, 5.41) is 2.14. The molecule has 0 aliphatic rings. The molecular formula is C17H17ClF2N2O3S. The fraction of sp³-hybridized carbons (Fsp3) is 0.235. The molecule has 0 saturated heterocycles. The molecule has 0 heterocycles. The molecule has 2 N–H and O–H groups in total. The maximum Gasteiger partial charge on any atom is 0.258 e. The molecule has 0 unspecified atom stereocenters. The van der Waals surface area contributed by atoms with Crippen molar-refractivity contribution in [3.05, 3.63) is 58.6 Å². The lowest BCUT2D eigenvalue weighted by Crippen LogP contribution is -2.32. The van der Waals surface area contributed by atoms with Crippen molar-refractivity contribution in [1.82, 2.24) is 4.72 Å². The summed E-state index contributed by atoms with van der Waals surface area (Å²) in [6, 6.07) is 6.07. The predicted molar refractivity (Wildman–Crippen MR) is 95.8 cm³/mol. The molecule has 0 radical (unpaired) electrons. The van der Waals surface area contributed by atoms with Gasteiger partial charge in [-0.25, -0.2) is 21.9 Å². The molecule has 0 fully saturated rings. The van der Waals surface area contributed by atoms with Crippen molar-refractivity contribution in [2.75, 3.05) is 5.32 Å². The molecule has 5 nitrogen and oxygen atoms in total. The first-order chi connectivity index (χ1) is 12.1. The summed E-state index contributed by atoms with van der Waals surface area (Å²) < 4.78 is 54.2. The van der Waals surface area contributed by atoms with E-state index in [0.29, 0.717) is 6.42 Å². The van der Waals surface area contributed by atoms with Crippen molar-refractivity contribution in [3.63, 3.8) is 0 Å². The zero-order chi connectivity index (χ0) is 19.5. The number of carbonyl (C=O) groups is 1. The number of hydrogen-bond acceptors (Lipinski definition) is 3. The summed E-state index contributed by atoms with van der Waals surface area (Å²) in [6.07, 6.45) is 0.569. The molecule has 1 atom stereocenters. The molecule has 0 aromatic heterocycles. The van der Waals surface area contributed by atoms with Crippen molar-refractivity contribution >= 4 is 33.2 Å². The maximum atomic E-state index is 14.0. The standard InChI is InChI=1S/C17H17ClF2N2O3S/c1-3-10(2)22-26(24,25)12-5-7-15(19)13(9-12)17(23)21-11-4-6-16(20)14(18)8-11/h4-10,22H,3H2,1-2H3,(H,21,23)/t10-/m0/s1. The molecule has 0 aliphatic carbocycles. The molecule has 0 aliphatic heterocycles. The van der Waals surface area contributed by atoms with Crippen LogP contribution in [0.5, 0.6) is 0 Å². The van der Waals surface area contributed by atoms with E-state index in [1.807, 2.05) is 6.92 Å². The van der Waals surface area contributed by atoms with Gasteiger partial charge in [0.15, 0.2) is 0 Å². The van der Waals surface area contributed by atoms with Gasteiger partial charge in [0, 0.05) is 11.7 Å². The van der Waals surface area contributed by atoms with E-state index in [2.05, 4.69) is 10.0 Å². The second-order valence-electron chi connectivity index (χ2n) is 5.66. The first-order valence-electron chi connectivity index (χ1n) is 7.72.